The first kappa shape index (κ1) is 33.9. The van der Waals surface area contributed by atoms with Crippen molar-refractivity contribution in [2.75, 3.05) is 19.6 Å². The predicted octanol–water partition coefficient (Wildman–Crippen LogP) is 8.05. The standard InChI is InChI=1S/C16H27N3.C14H21N.C4H10/c1-4-13(2)5-7-16-8-6-15(12-19-16)11-18-14(3)9-10-17;1-12-3-5-14(6-4-12)11-15-9-7-13(2)8-10-15;1-3-4-2/h6,8,12-13,18H,3-5,7,9-11,17H2,1-2H3;3-6,13H,7-11H2,1-2H3;3-4H2,1-2H3. The average molecular weight is 523 g/mol. The summed E-state index contributed by atoms with van der Waals surface area (Å²) in [5, 5.41) is 3.26. The van der Waals surface area contributed by atoms with E-state index in [1.807, 2.05) is 6.20 Å². The first-order valence-corrected chi connectivity index (χ1v) is 15.1. The Hall–Kier alpha value is -2.17. The zero-order chi connectivity index (χ0) is 28.2. The number of likely N-dealkylation sites (tertiary alicyclic amines) is 1. The van der Waals surface area contributed by atoms with Crippen molar-refractivity contribution in [1.29, 1.82) is 0 Å². The Morgan fingerprint density at radius 2 is 1.68 bits per heavy atom. The van der Waals surface area contributed by atoms with E-state index in [0.717, 1.165) is 43.5 Å². The number of rotatable bonds is 12. The van der Waals surface area contributed by atoms with E-state index in [1.165, 1.54) is 74.0 Å². The van der Waals surface area contributed by atoms with Crippen LogP contribution in [0.3, 0.4) is 0 Å². The number of benzene rings is 1. The highest BCUT2D eigenvalue weighted by Crippen LogP contribution is 2.18. The maximum absolute atomic E-state index is 5.47. The van der Waals surface area contributed by atoms with Crippen molar-refractivity contribution in [2.24, 2.45) is 17.6 Å². The van der Waals surface area contributed by atoms with Crippen LogP contribution >= 0.6 is 0 Å². The number of pyridine rings is 1. The highest BCUT2D eigenvalue weighted by Gasteiger charge is 2.15. The number of aromatic nitrogens is 1. The molecule has 0 aliphatic carbocycles. The molecule has 0 radical (unpaired) electrons. The van der Waals surface area contributed by atoms with Gasteiger partial charge in [-0.3, -0.25) is 9.88 Å². The minimum Gasteiger partial charge on any atom is -0.385 e. The van der Waals surface area contributed by atoms with Gasteiger partial charge in [-0.2, -0.15) is 0 Å². The lowest BCUT2D eigenvalue weighted by atomic mass is 9.99. The van der Waals surface area contributed by atoms with Gasteiger partial charge in [0.1, 0.15) is 0 Å². The van der Waals surface area contributed by atoms with Gasteiger partial charge in [-0.1, -0.05) is 96.4 Å². The number of piperidine rings is 1. The molecule has 0 saturated carbocycles. The maximum Gasteiger partial charge on any atom is 0.0412 e. The summed E-state index contributed by atoms with van der Waals surface area (Å²) in [6.07, 6.45) is 11.7. The van der Waals surface area contributed by atoms with Gasteiger partial charge in [0.15, 0.2) is 0 Å². The summed E-state index contributed by atoms with van der Waals surface area (Å²) in [6.45, 7) is 22.4. The minimum absolute atomic E-state index is 0.638. The van der Waals surface area contributed by atoms with E-state index in [4.69, 9.17) is 5.73 Å². The maximum atomic E-state index is 5.47. The molecule has 1 saturated heterocycles. The second-order valence-electron chi connectivity index (χ2n) is 11.1. The van der Waals surface area contributed by atoms with Crippen molar-refractivity contribution in [3.8, 4) is 0 Å². The lowest BCUT2D eigenvalue weighted by molar-refractivity contribution is 0.185. The molecule has 1 unspecified atom stereocenters. The fourth-order valence-corrected chi connectivity index (χ4v) is 3.97. The molecular weight excluding hydrogens is 464 g/mol. The van der Waals surface area contributed by atoms with Gasteiger partial charge < -0.3 is 11.1 Å². The number of unbranched alkanes of at least 4 members (excludes halogenated alkanes) is 1. The molecular formula is C34H58N4. The molecule has 1 aliphatic heterocycles. The van der Waals surface area contributed by atoms with Crippen LogP contribution < -0.4 is 11.1 Å². The summed E-state index contributed by atoms with van der Waals surface area (Å²) in [7, 11) is 0. The van der Waals surface area contributed by atoms with Crippen LogP contribution in [0.4, 0.5) is 0 Å². The van der Waals surface area contributed by atoms with Gasteiger partial charge in [-0.05, 0) is 87.7 Å². The normalized spacial score (nSPS) is 14.5. The Morgan fingerprint density at radius 3 is 2.21 bits per heavy atom. The Kier molecular flexibility index (Phi) is 18.5. The fraction of sp³-hybridized carbons (Fsp3) is 0.618. The zero-order valence-corrected chi connectivity index (χ0v) is 25.6. The quantitative estimate of drug-likeness (QED) is 0.296. The third-order valence-corrected chi connectivity index (χ3v) is 7.37. The van der Waals surface area contributed by atoms with Crippen LogP contribution in [0.15, 0.2) is 54.9 Å². The largest absolute Gasteiger partial charge is 0.385 e. The third kappa shape index (κ3) is 15.9. The van der Waals surface area contributed by atoms with E-state index < -0.39 is 0 Å². The van der Waals surface area contributed by atoms with Crippen LogP contribution in [0.1, 0.15) is 102 Å². The molecule has 3 N–H and O–H groups in total. The molecule has 1 aromatic carbocycles. The lowest BCUT2D eigenvalue weighted by Gasteiger charge is -2.30. The molecule has 2 aromatic rings. The number of hydrogen-bond acceptors (Lipinski definition) is 4. The predicted molar refractivity (Wildman–Crippen MR) is 167 cm³/mol. The molecule has 0 bridgehead atoms. The van der Waals surface area contributed by atoms with E-state index in [-0.39, 0.29) is 0 Å². The van der Waals surface area contributed by atoms with E-state index in [9.17, 15) is 0 Å². The Morgan fingerprint density at radius 1 is 1.05 bits per heavy atom. The van der Waals surface area contributed by atoms with Gasteiger partial charge >= 0.3 is 0 Å². The van der Waals surface area contributed by atoms with E-state index in [2.05, 4.69) is 99.7 Å². The van der Waals surface area contributed by atoms with Gasteiger partial charge in [0.05, 0.1) is 0 Å². The molecule has 38 heavy (non-hydrogen) atoms. The SMILES string of the molecule is C=C(CCN)NCc1ccc(CCC(C)CC)nc1.CCCC.Cc1ccc(CN2CCC(C)CC2)cc1. The summed E-state index contributed by atoms with van der Waals surface area (Å²) in [5.74, 6) is 1.71. The highest BCUT2D eigenvalue weighted by molar-refractivity contribution is 5.21. The van der Waals surface area contributed by atoms with Crippen molar-refractivity contribution in [3.63, 3.8) is 0 Å². The smallest absolute Gasteiger partial charge is 0.0412 e. The van der Waals surface area contributed by atoms with Crippen molar-refractivity contribution in [1.82, 2.24) is 15.2 Å². The molecule has 4 nitrogen and oxygen atoms in total. The molecule has 2 heterocycles. The molecule has 1 fully saturated rings. The van der Waals surface area contributed by atoms with Crippen LogP contribution in [-0.4, -0.2) is 29.5 Å². The Labute approximate surface area is 235 Å². The van der Waals surface area contributed by atoms with Crippen LogP contribution in [0, 0.1) is 18.8 Å². The average Bonchev–Trinajstić information content (AvgIpc) is 2.94. The third-order valence-electron chi connectivity index (χ3n) is 7.37. The first-order chi connectivity index (χ1) is 18.3. The number of aryl methyl sites for hydroxylation is 2. The van der Waals surface area contributed by atoms with Gasteiger partial charge in [0.25, 0.3) is 0 Å². The number of nitrogens with one attached hydrogen (secondary N) is 1. The van der Waals surface area contributed by atoms with Gasteiger partial charge in [0, 0.05) is 30.7 Å². The highest BCUT2D eigenvalue weighted by atomic mass is 15.1. The van der Waals surface area contributed by atoms with E-state index in [1.54, 1.807) is 0 Å². The monoisotopic (exact) mass is 522 g/mol. The molecule has 0 spiro atoms. The summed E-state index contributed by atoms with van der Waals surface area (Å²) in [5.41, 5.74) is 11.6. The second kappa shape index (κ2) is 20.7. The number of hydrogen-bond donors (Lipinski definition) is 2. The Bertz CT molecular complexity index is 834. The van der Waals surface area contributed by atoms with Gasteiger partial charge in [0.2, 0.25) is 0 Å². The van der Waals surface area contributed by atoms with Crippen molar-refractivity contribution in [2.45, 2.75) is 106 Å². The molecule has 4 heteroatoms. The van der Waals surface area contributed by atoms with Crippen LogP contribution in [0.2, 0.25) is 0 Å². The summed E-state index contributed by atoms with van der Waals surface area (Å²) < 4.78 is 0. The van der Waals surface area contributed by atoms with Gasteiger partial charge in [-0.25, -0.2) is 0 Å². The minimum atomic E-state index is 0.638. The topological polar surface area (TPSA) is 54.2 Å². The van der Waals surface area contributed by atoms with Crippen molar-refractivity contribution < 1.29 is 0 Å². The van der Waals surface area contributed by atoms with Crippen molar-refractivity contribution in [3.05, 3.63) is 77.3 Å². The molecule has 1 aliphatic rings. The Balaban J connectivity index is 0.000000339. The van der Waals surface area contributed by atoms with E-state index in [0.29, 0.717) is 6.54 Å². The van der Waals surface area contributed by atoms with Crippen LogP contribution in [-0.2, 0) is 19.5 Å². The van der Waals surface area contributed by atoms with E-state index >= 15 is 0 Å². The summed E-state index contributed by atoms with van der Waals surface area (Å²) in [4.78, 5) is 7.09. The zero-order valence-electron chi connectivity index (χ0n) is 25.6. The van der Waals surface area contributed by atoms with Crippen LogP contribution in [0.25, 0.3) is 0 Å². The fourth-order valence-electron chi connectivity index (χ4n) is 3.97. The summed E-state index contributed by atoms with van der Waals surface area (Å²) in [6, 6.07) is 13.2. The molecule has 214 valence electrons. The van der Waals surface area contributed by atoms with Gasteiger partial charge in [-0.15, -0.1) is 0 Å². The second-order valence-corrected chi connectivity index (χ2v) is 11.1. The molecule has 1 aromatic heterocycles. The van der Waals surface area contributed by atoms with Crippen molar-refractivity contribution >= 4 is 0 Å². The number of nitrogens with two attached hydrogens (primary N) is 1. The molecule has 0 amide bonds. The van der Waals surface area contributed by atoms with Crippen LogP contribution in [0.5, 0.6) is 0 Å². The molecule has 3 rings (SSSR count). The first-order valence-electron chi connectivity index (χ1n) is 15.1. The summed E-state index contributed by atoms with van der Waals surface area (Å²) >= 11 is 0. The lowest BCUT2D eigenvalue weighted by Crippen LogP contribution is -2.32. The number of nitrogens with zero attached hydrogens (tertiary/aromatic N) is 2. The molecule has 1 atom stereocenters.